The molecule has 1 aromatic carbocycles. The van der Waals surface area contributed by atoms with Crippen LogP contribution in [-0.2, 0) is 6.42 Å². The number of rotatable bonds is 8. The zero-order valence-corrected chi connectivity index (χ0v) is 17.7. The summed E-state index contributed by atoms with van der Waals surface area (Å²) < 4.78 is 2.37. The van der Waals surface area contributed by atoms with Crippen molar-refractivity contribution in [1.82, 2.24) is 19.7 Å². The van der Waals surface area contributed by atoms with Crippen LogP contribution in [0.25, 0.3) is 0 Å². The summed E-state index contributed by atoms with van der Waals surface area (Å²) in [6, 6.07) is 12.7. The topological polar surface area (TPSA) is 34.0 Å². The SMILES string of the molecule is Cc1nnc(C(C)C)n1C(C)CC1CCC(C)N1CCCc1ccccc1. The number of hydrogen-bond acceptors (Lipinski definition) is 3. The van der Waals surface area contributed by atoms with Crippen LogP contribution in [0.2, 0.25) is 0 Å². The van der Waals surface area contributed by atoms with Crippen LogP contribution in [0.3, 0.4) is 0 Å². The Morgan fingerprint density at radius 2 is 1.81 bits per heavy atom. The van der Waals surface area contributed by atoms with E-state index < -0.39 is 0 Å². The molecule has 0 aliphatic carbocycles. The average molecular weight is 369 g/mol. The first-order chi connectivity index (χ1) is 13.0. The van der Waals surface area contributed by atoms with Gasteiger partial charge >= 0.3 is 0 Å². The largest absolute Gasteiger partial charge is 0.312 e. The summed E-state index contributed by atoms with van der Waals surface area (Å²) in [5, 5.41) is 8.78. The van der Waals surface area contributed by atoms with Crippen molar-refractivity contribution in [3.05, 3.63) is 47.5 Å². The molecule has 0 bridgehead atoms. The fourth-order valence-corrected chi connectivity index (χ4v) is 4.72. The van der Waals surface area contributed by atoms with Crippen molar-refractivity contribution in [1.29, 1.82) is 0 Å². The lowest BCUT2D eigenvalue weighted by molar-refractivity contribution is 0.178. The van der Waals surface area contributed by atoms with Crippen molar-refractivity contribution >= 4 is 0 Å². The third-order valence-corrected chi connectivity index (χ3v) is 6.14. The molecular weight excluding hydrogens is 332 g/mol. The fraction of sp³-hybridized carbons (Fsp3) is 0.652. The van der Waals surface area contributed by atoms with E-state index in [9.17, 15) is 0 Å². The summed E-state index contributed by atoms with van der Waals surface area (Å²) in [4.78, 5) is 2.76. The van der Waals surface area contributed by atoms with E-state index in [1.54, 1.807) is 0 Å². The Labute approximate surface area is 165 Å². The van der Waals surface area contributed by atoms with E-state index >= 15 is 0 Å². The van der Waals surface area contributed by atoms with Gasteiger partial charge in [-0.3, -0.25) is 4.90 Å². The van der Waals surface area contributed by atoms with Crippen molar-refractivity contribution in [3.63, 3.8) is 0 Å². The second kappa shape index (κ2) is 9.01. The molecule has 3 atom stereocenters. The number of likely N-dealkylation sites (tertiary alicyclic amines) is 1. The predicted octanol–water partition coefficient (Wildman–Crippen LogP) is 5.15. The quantitative estimate of drug-likeness (QED) is 0.646. The van der Waals surface area contributed by atoms with Crippen LogP contribution < -0.4 is 0 Å². The molecule has 2 aromatic rings. The van der Waals surface area contributed by atoms with Crippen molar-refractivity contribution < 1.29 is 0 Å². The molecule has 148 valence electrons. The highest BCUT2D eigenvalue weighted by atomic mass is 15.3. The standard InChI is InChI=1S/C23H36N4/c1-17(2)23-25-24-20(5)27(23)19(4)16-22-14-13-18(3)26(22)15-9-12-21-10-7-6-8-11-21/h6-8,10-11,17-19,22H,9,12-16H2,1-5H3. The van der Waals surface area contributed by atoms with Crippen LogP contribution >= 0.6 is 0 Å². The van der Waals surface area contributed by atoms with Crippen LogP contribution in [0.1, 0.15) is 82.6 Å². The van der Waals surface area contributed by atoms with Crippen LogP contribution in [0.5, 0.6) is 0 Å². The van der Waals surface area contributed by atoms with E-state index in [4.69, 9.17) is 0 Å². The second-order valence-electron chi connectivity index (χ2n) is 8.62. The van der Waals surface area contributed by atoms with Crippen LogP contribution in [0, 0.1) is 6.92 Å². The normalized spacial score (nSPS) is 21.9. The molecule has 0 spiro atoms. The van der Waals surface area contributed by atoms with Crippen LogP contribution in [0.15, 0.2) is 30.3 Å². The van der Waals surface area contributed by atoms with E-state index in [0.29, 0.717) is 24.0 Å². The van der Waals surface area contributed by atoms with Crippen molar-refractivity contribution in [3.8, 4) is 0 Å². The molecule has 4 nitrogen and oxygen atoms in total. The Kier molecular flexibility index (Phi) is 6.69. The maximum Gasteiger partial charge on any atom is 0.135 e. The molecule has 2 heterocycles. The van der Waals surface area contributed by atoms with Gasteiger partial charge in [0.1, 0.15) is 11.6 Å². The first-order valence-corrected chi connectivity index (χ1v) is 10.7. The van der Waals surface area contributed by atoms with Gasteiger partial charge < -0.3 is 4.57 Å². The molecule has 0 saturated carbocycles. The van der Waals surface area contributed by atoms with Gasteiger partial charge in [0, 0.05) is 24.0 Å². The Bertz CT molecular complexity index is 706. The summed E-state index contributed by atoms with van der Waals surface area (Å²) in [6.07, 6.45) is 6.24. The minimum Gasteiger partial charge on any atom is -0.312 e. The van der Waals surface area contributed by atoms with E-state index in [2.05, 4.69) is 84.6 Å². The highest BCUT2D eigenvalue weighted by Crippen LogP contribution is 2.31. The van der Waals surface area contributed by atoms with Gasteiger partial charge in [0.2, 0.25) is 0 Å². The second-order valence-corrected chi connectivity index (χ2v) is 8.62. The van der Waals surface area contributed by atoms with Crippen molar-refractivity contribution in [2.75, 3.05) is 6.54 Å². The summed E-state index contributed by atoms with van der Waals surface area (Å²) in [7, 11) is 0. The van der Waals surface area contributed by atoms with E-state index in [0.717, 1.165) is 11.6 Å². The molecule has 0 radical (unpaired) electrons. The van der Waals surface area contributed by atoms with E-state index in [-0.39, 0.29) is 0 Å². The lowest BCUT2D eigenvalue weighted by Crippen LogP contribution is -2.37. The predicted molar refractivity (Wildman–Crippen MR) is 112 cm³/mol. The monoisotopic (exact) mass is 368 g/mol. The smallest absolute Gasteiger partial charge is 0.135 e. The molecule has 1 fully saturated rings. The highest BCUT2D eigenvalue weighted by Gasteiger charge is 2.32. The fourth-order valence-electron chi connectivity index (χ4n) is 4.72. The lowest BCUT2D eigenvalue weighted by Gasteiger charge is -2.31. The van der Waals surface area contributed by atoms with Gasteiger partial charge in [-0.2, -0.15) is 0 Å². The Morgan fingerprint density at radius 3 is 2.52 bits per heavy atom. The summed E-state index contributed by atoms with van der Waals surface area (Å²) in [6.45, 7) is 12.4. The van der Waals surface area contributed by atoms with E-state index in [1.807, 2.05) is 0 Å². The molecule has 0 amide bonds. The number of aryl methyl sites for hydroxylation is 2. The molecule has 3 unspecified atom stereocenters. The van der Waals surface area contributed by atoms with Gasteiger partial charge in [0.05, 0.1) is 0 Å². The minimum atomic E-state index is 0.415. The van der Waals surface area contributed by atoms with Gasteiger partial charge in [0.25, 0.3) is 0 Å². The van der Waals surface area contributed by atoms with Crippen molar-refractivity contribution in [2.45, 2.75) is 90.8 Å². The highest BCUT2D eigenvalue weighted by molar-refractivity contribution is 5.14. The molecule has 3 rings (SSSR count). The molecule has 1 aliphatic rings. The molecular formula is C23H36N4. The Morgan fingerprint density at radius 1 is 1.07 bits per heavy atom. The molecule has 27 heavy (non-hydrogen) atoms. The van der Waals surface area contributed by atoms with Crippen LogP contribution in [-0.4, -0.2) is 38.3 Å². The first kappa shape index (κ1) is 20.1. The number of hydrogen-bond donors (Lipinski definition) is 0. The molecule has 4 heteroatoms. The summed E-state index contributed by atoms with van der Waals surface area (Å²) in [5.41, 5.74) is 1.45. The van der Waals surface area contributed by atoms with Crippen LogP contribution in [0.4, 0.5) is 0 Å². The zero-order valence-electron chi connectivity index (χ0n) is 17.7. The molecule has 1 saturated heterocycles. The maximum atomic E-state index is 4.43. The van der Waals surface area contributed by atoms with Gasteiger partial charge in [-0.05, 0) is 65.0 Å². The third kappa shape index (κ3) is 4.78. The number of nitrogens with zero attached hydrogens (tertiary/aromatic N) is 4. The van der Waals surface area contributed by atoms with E-state index in [1.165, 1.54) is 44.2 Å². The van der Waals surface area contributed by atoms with Gasteiger partial charge in [-0.1, -0.05) is 44.2 Å². The molecule has 0 N–H and O–H groups in total. The van der Waals surface area contributed by atoms with Gasteiger partial charge in [-0.15, -0.1) is 10.2 Å². The van der Waals surface area contributed by atoms with Gasteiger partial charge in [0.15, 0.2) is 0 Å². The number of aromatic nitrogens is 3. The summed E-state index contributed by atoms with van der Waals surface area (Å²) >= 11 is 0. The molecule has 1 aliphatic heterocycles. The Hall–Kier alpha value is -1.68. The third-order valence-electron chi connectivity index (χ3n) is 6.14. The zero-order chi connectivity index (χ0) is 19.4. The first-order valence-electron chi connectivity index (χ1n) is 10.7. The Balaban J connectivity index is 1.60. The molecule has 1 aromatic heterocycles. The minimum absolute atomic E-state index is 0.415. The average Bonchev–Trinajstić information content (AvgIpc) is 3.20. The maximum absolute atomic E-state index is 4.43. The lowest BCUT2D eigenvalue weighted by atomic mass is 10.0. The van der Waals surface area contributed by atoms with Gasteiger partial charge in [-0.25, -0.2) is 0 Å². The number of benzene rings is 1. The summed E-state index contributed by atoms with van der Waals surface area (Å²) in [5.74, 6) is 2.59. The van der Waals surface area contributed by atoms with Crippen molar-refractivity contribution in [2.24, 2.45) is 0 Å².